The van der Waals surface area contributed by atoms with E-state index in [0.29, 0.717) is 17.9 Å². The van der Waals surface area contributed by atoms with Crippen molar-refractivity contribution in [2.45, 2.75) is 6.92 Å². The first kappa shape index (κ1) is 18.9. The van der Waals surface area contributed by atoms with Crippen LogP contribution in [0, 0.1) is 0 Å². The van der Waals surface area contributed by atoms with Gasteiger partial charge in [0.1, 0.15) is 17.1 Å². The van der Waals surface area contributed by atoms with Gasteiger partial charge < -0.3 is 14.1 Å². The first-order valence-corrected chi connectivity index (χ1v) is 10.3. The van der Waals surface area contributed by atoms with E-state index in [4.69, 9.17) is 9.15 Å². The molecule has 152 valence electrons. The van der Waals surface area contributed by atoms with Gasteiger partial charge in [0.25, 0.3) is 0 Å². The predicted molar refractivity (Wildman–Crippen MR) is 126 cm³/mol. The first-order chi connectivity index (χ1) is 15.2. The maximum Gasteiger partial charge on any atom is 0.338 e. The molecule has 31 heavy (non-hydrogen) atoms. The summed E-state index contributed by atoms with van der Waals surface area (Å²) in [5.74, 6) is 1.35. The molecule has 0 bridgehead atoms. The van der Waals surface area contributed by atoms with Crippen molar-refractivity contribution in [1.29, 1.82) is 0 Å². The van der Waals surface area contributed by atoms with E-state index in [1.54, 1.807) is 12.1 Å². The molecule has 1 aromatic heterocycles. The molecule has 4 aromatic carbocycles. The lowest BCUT2D eigenvalue weighted by Gasteiger charge is -2.26. The molecule has 0 aliphatic heterocycles. The molecule has 0 unspecified atom stereocenters. The molecular formula is C27H21NO3. The molecule has 0 spiro atoms. The summed E-state index contributed by atoms with van der Waals surface area (Å²) >= 11 is 0. The summed E-state index contributed by atoms with van der Waals surface area (Å²) < 4.78 is 11.5. The van der Waals surface area contributed by atoms with E-state index < -0.39 is 5.63 Å². The van der Waals surface area contributed by atoms with Crippen LogP contribution in [-0.2, 0) is 0 Å². The van der Waals surface area contributed by atoms with E-state index in [0.717, 1.165) is 33.3 Å². The van der Waals surface area contributed by atoms with Crippen molar-refractivity contribution in [2.75, 3.05) is 11.4 Å². The molecule has 0 aliphatic rings. The molecule has 4 nitrogen and oxygen atoms in total. The average Bonchev–Trinajstić information content (AvgIpc) is 2.80. The minimum atomic E-state index is -0.391. The number of rotatable bonds is 5. The Morgan fingerprint density at radius 2 is 1.52 bits per heavy atom. The molecule has 4 heteroatoms. The number of hydrogen-bond donors (Lipinski definition) is 0. The van der Waals surface area contributed by atoms with Crippen LogP contribution in [0.15, 0.2) is 106 Å². The molecule has 1 heterocycles. The highest BCUT2D eigenvalue weighted by molar-refractivity contribution is 6.00. The van der Waals surface area contributed by atoms with Crippen LogP contribution in [0.4, 0.5) is 11.4 Å². The van der Waals surface area contributed by atoms with E-state index in [-0.39, 0.29) is 0 Å². The number of hydrogen-bond acceptors (Lipinski definition) is 4. The van der Waals surface area contributed by atoms with E-state index in [2.05, 4.69) is 36.1 Å². The molecule has 5 aromatic rings. The summed E-state index contributed by atoms with van der Waals surface area (Å²) in [6.07, 6.45) is 0. The van der Waals surface area contributed by atoms with Crippen LogP contribution in [0.3, 0.4) is 0 Å². The number of para-hydroxylation sites is 1. The Morgan fingerprint density at radius 1 is 0.742 bits per heavy atom. The summed E-state index contributed by atoms with van der Waals surface area (Å²) in [5, 5.41) is 3.15. The van der Waals surface area contributed by atoms with Crippen LogP contribution in [-0.4, -0.2) is 6.54 Å². The van der Waals surface area contributed by atoms with Gasteiger partial charge in [-0.3, -0.25) is 0 Å². The topological polar surface area (TPSA) is 42.7 Å². The maximum atomic E-state index is 12.5. The van der Waals surface area contributed by atoms with Crippen molar-refractivity contribution < 1.29 is 9.15 Å². The molecule has 0 saturated carbocycles. The fourth-order valence-electron chi connectivity index (χ4n) is 3.95. The van der Waals surface area contributed by atoms with Gasteiger partial charge in [-0.15, -0.1) is 0 Å². The second-order valence-corrected chi connectivity index (χ2v) is 7.27. The molecule has 5 rings (SSSR count). The van der Waals surface area contributed by atoms with Crippen molar-refractivity contribution in [3.05, 3.63) is 107 Å². The van der Waals surface area contributed by atoms with Gasteiger partial charge in [0, 0.05) is 35.1 Å². The number of fused-ring (bicyclic) bond motifs is 2. The average molecular weight is 407 g/mol. The number of nitrogens with zero attached hydrogens (tertiary/aromatic N) is 1. The molecule has 0 amide bonds. The SMILES string of the molecule is CCN(c1cccc2ccccc12)c1cc(=O)oc2cc(Oc3ccccc3)ccc12. The highest BCUT2D eigenvalue weighted by Crippen LogP contribution is 2.36. The van der Waals surface area contributed by atoms with Gasteiger partial charge in [0.2, 0.25) is 0 Å². The first-order valence-electron chi connectivity index (χ1n) is 10.3. The van der Waals surface area contributed by atoms with Gasteiger partial charge in [0.15, 0.2) is 0 Å². The van der Waals surface area contributed by atoms with Gasteiger partial charge in [-0.1, -0.05) is 54.6 Å². The Kier molecular flexibility index (Phi) is 4.89. The van der Waals surface area contributed by atoms with Crippen molar-refractivity contribution in [1.82, 2.24) is 0 Å². The summed E-state index contributed by atoms with van der Waals surface area (Å²) in [4.78, 5) is 14.6. The van der Waals surface area contributed by atoms with Crippen molar-refractivity contribution in [3.8, 4) is 11.5 Å². The van der Waals surface area contributed by atoms with Crippen molar-refractivity contribution >= 4 is 33.1 Å². The minimum Gasteiger partial charge on any atom is -0.457 e. The highest BCUT2D eigenvalue weighted by atomic mass is 16.5. The third-order valence-electron chi connectivity index (χ3n) is 5.34. The summed E-state index contributed by atoms with van der Waals surface area (Å²) in [6.45, 7) is 2.78. The van der Waals surface area contributed by atoms with Crippen molar-refractivity contribution in [2.24, 2.45) is 0 Å². The minimum absolute atomic E-state index is 0.391. The van der Waals surface area contributed by atoms with Crippen LogP contribution in [0.25, 0.3) is 21.7 Å². The van der Waals surface area contributed by atoms with Gasteiger partial charge in [0.05, 0.1) is 5.69 Å². The molecule has 0 radical (unpaired) electrons. The zero-order chi connectivity index (χ0) is 21.2. The summed E-state index contributed by atoms with van der Waals surface area (Å²) in [6, 6.07) is 31.2. The predicted octanol–water partition coefficient (Wildman–Crippen LogP) is 6.90. The molecule has 0 N–H and O–H groups in total. The Morgan fingerprint density at radius 3 is 2.35 bits per heavy atom. The fraction of sp³-hybridized carbons (Fsp3) is 0.0741. The lowest BCUT2D eigenvalue weighted by molar-refractivity contribution is 0.480. The molecule has 0 atom stereocenters. The standard InChI is InChI=1S/C27H21NO3/c1-2-28(24-14-8-10-19-9-6-7-13-22(19)24)25-18-27(29)31-26-17-21(15-16-23(25)26)30-20-11-4-3-5-12-20/h3-18H,2H2,1H3. The van der Waals surface area contributed by atoms with E-state index in [9.17, 15) is 4.79 Å². The lowest BCUT2D eigenvalue weighted by Crippen LogP contribution is -2.18. The Hall–Kier alpha value is -4.05. The molecular weight excluding hydrogens is 386 g/mol. The number of anilines is 2. The molecule has 0 aliphatic carbocycles. The summed E-state index contributed by atoms with van der Waals surface area (Å²) in [7, 11) is 0. The second-order valence-electron chi connectivity index (χ2n) is 7.27. The highest BCUT2D eigenvalue weighted by Gasteiger charge is 2.16. The van der Waals surface area contributed by atoms with Crippen molar-refractivity contribution in [3.63, 3.8) is 0 Å². The fourth-order valence-corrected chi connectivity index (χ4v) is 3.95. The number of ether oxygens (including phenoxy) is 1. The lowest BCUT2D eigenvalue weighted by atomic mass is 10.1. The Bertz CT molecular complexity index is 1420. The second kappa shape index (κ2) is 8.00. The van der Waals surface area contributed by atoms with Crippen LogP contribution in [0.5, 0.6) is 11.5 Å². The molecule has 0 fully saturated rings. The third-order valence-corrected chi connectivity index (χ3v) is 5.34. The maximum absolute atomic E-state index is 12.5. The van der Waals surface area contributed by atoms with E-state index >= 15 is 0 Å². The quantitative estimate of drug-likeness (QED) is 0.297. The van der Waals surface area contributed by atoms with E-state index in [1.165, 1.54) is 0 Å². The smallest absolute Gasteiger partial charge is 0.338 e. The van der Waals surface area contributed by atoms with Crippen LogP contribution < -0.4 is 15.3 Å². The monoisotopic (exact) mass is 407 g/mol. The van der Waals surface area contributed by atoms with Gasteiger partial charge in [-0.05, 0) is 42.6 Å². The van der Waals surface area contributed by atoms with Gasteiger partial charge >= 0.3 is 5.63 Å². The van der Waals surface area contributed by atoms with E-state index in [1.807, 2.05) is 60.7 Å². The summed E-state index contributed by atoms with van der Waals surface area (Å²) in [5.41, 5.74) is 1.97. The third kappa shape index (κ3) is 3.64. The van der Waals surface area contributed by atoms with Gasteiger partial charge in [-0.25, -0.2) is 4.79 Å². The van der Waals surface area contributed by atoms with Crippen LogP contribution >= 0.6 is 0 Å². The van der Waals surface area contributed by atoms with Crippen LogP contribution in [0.2, 0.25) is 0 Å². The molecule has 0 saturated heterocycles. The Labute approximate surface area is 179 Å². The zero-order valence-corrected chi connectivity index (χ0v) is 17.1. The normalized spacial score (nSPS) is 11.0. The number of benzene rings is 4. The van der Waals surface area contributed by atoms with Crippen LogP contribution in [0.1, 0.15) is 6.92 Å². The van der Waals surface area contributed by atoms with Gasteiger partial charge in [-0.2, -0.15) is 0 Å². The zero-order valence-electron chi connectivity index (χ0n) is 17.1. The Balaban J connectivity index is 1.64. The largest absolute Gasteiger partial charge is 0.457 e.